The number of nitro benzene ring substituents is 1. The third-order valence-electron chi connectivity index (χ3n) is 3.86. The summed E-state index contributed by atoms with van der Waals surface area (Å²) in [6.45, 7) is 0. The van der Waals surface area contributed by atoms with Crippen molar-refractivity contribution in [2.45, 2.75) is 18.9 Å². The Labute approximate surface area is 113 Å². The molecule has 1 aromatic carbocycles. The van der Waals surface area contributed by atoms with Crippen LogP contribution in [0.1, 0.15) is 12.8 Å². The quantitative estimate of drug-likeness (QED) is 0.526. The Hall–Kier alpha value is -1.36. The van der Waals surface area contributed by atoms with Gasteiger partial charge in [-0.3, -0.25) is 10.1 Å². The van der Waals surface area contributed by atoms with Gasteiger partial charge in [0.05, 0.1) is 4.92 Å². The van der Waals surface area contributed by atoms with Gasteiger partial charge in [-0.1, -0.05) is 28.1 Å². The predicted octanol–water partition coefficient (Wildman–Crippen LogP) is 3.73. The first-order chi connectivity index (χ1) is 8.65. The van der Waals surface area contributed by atoms with Gasteiger partial charge >= 0.3 is 0 Å². The summed E-state index contributed by atoms with van der Waals surface area (Å²) in [6.07, 6.45) is 6.71. The minimum absolute atomic E-state index is 0.134. The number of nitrogens with one attached hydrogen (secondary N) is 1. The first-order valence-corrected chi connectivity index (χ1v) is 6.81. The fraction of sp³-hybridized carbons (Fsp3) is 0.385. The number of hydrogen-bond donors (Lipinski definition) is 1. The first-order valence-electron chi connectivity index (χ1n) is 6.02. The van der Waals surface area contributed by atoms with Gasteiger partial charge in [0.15, 0.2) is 0 Å². The Kier molecular flexibility index (Phi) is 2.86. The molecule has 0 bridgehead atoms. The van der Waals surface area contributed by atoms with Crippen molar-refractivity contribution in [2.24, 2.45) is 11.8 Å². The molecule has 94 valence electrons. The molecule has 4 nitrogen and oxygen atoms in total. The summed E-state index contributed by atoms with van der Waals surface area (Å²) >= 11 is 3.26. The van der Waals surface area contributed by atoms with E-state index in [4.69, 9.17) is 0 Å². The van der Waals surface area contributed by atoms with Crippen LogP contribution in [0.4, 0.5) is 11.4 Å². The van der Waals surface area contributed by atoms with Crippen LogP contribution in [0.5, 0.6) is 0 Å². The molecule has 0 heterocycles. The zero-order chi connectivity index (χ0) is 12.7. The lowest BCUT2D eigenvalue weighted by Crippen LogP contribution is -2.43. The molecule has 0 aromatic heterocycles. The van der Waals surface area contributed by atoms with Crippen molar-refractivity contribution in [3.05, 3.63) is 44.9 Å². The average molecular weight is 309 g/mol. The number of hydrogen-bond acceptors (Lipinski definition) is 3. The van der Waals surface area contributed by atoms with E-state index in [-0.39, 0.29) is 10.6 Å². The molecule has 0 aliphatic heterocycles. The standard InChI is InChI=1S/C13H13BrN2O2/c14-9-4-5-11(13(7-9)16(17)18)15-12-6-8-2-1-3-10(8)12/h1,3-5,7-8,10,12,15H,2,6H2. The van der Waals surface area contributed by atoms with E-state index in [2.05, 4.69) is 33.4 Å². The maximum atomic E-state index is 11.0. The Morgan fingerprint density at radius 1 is 1.44 bits per heavy atom. The number of allylic oxidation sites excluding steroid dienone is 1. The molecule has 5 heteroatoms. The number of halogens is 1. The second-order valence-electron chi connectivity index (χ2n) is 4.91. The molecule has 3 atom stereocenters. The van der Waals surface area contributed by atoms with Crippen molar-refractivity contribution < 1.29 is 4.92 Å². The molecule has 2 aliphatic carbocycles. The maximum Gasteiger partial charge on any atom is 0.293 e. The van der Waals surface area contributed by atoms with Gasteiger partial charge in [-0.15, -0.1) is 0 Å². The van der Waals surface area contributed by atoms with E-state index >= 15 is 0 Å². The van der Waals surface area contributed by atoms with Gasteiger partial charge in [-0.05, 0) is 30.9 Å². The molecule has 0 spiro atoms. The van der Waals surface area contributed by atoms with Crippen LogP contribution in [-0.4, -0.2) is 11.0 Å². The van der Waals surface area contributed by atoms with E-state index in [0.717, 1.165) is 23.2 Å². The lowest BCUT2D eigenvalue weighted by atomic mass is 9.71. The van der Waals surface area contributed by atoms with Crippen molar-refractivity contribution in [1.29, 1.82) is 0 Å². The van der Waals surface area contributed by atoms with Crippen LogP contribution in [0.2, 0.25) is 0 Å². The predicted molar refractivity (Wildman–Crippen MR) is 73.6 cm³/mol. The largest absolute Gasteiger partial charge is 0.376 e. The highest BCUT2D eigenvalue weighted by atomic mass is 79.9. The van der Waals surface area contributed by atoms with Crippen molar-refractivity contribution in [3.63, 3.8) is 0 Å². The van der Waals surface area contributed by atoms with Gasteiger partial charge in [0.25, 0.3) is 5.69 Å². The average Bonchev–Trinajstić information content (AvgIpc) is 2.69. The number of nitrogens with zero attached hydrogens (tertiary/aromatic N) is 1. The second kappa shape index (κ2) is 4.39. The number of fused-ring (bicyclic) bond motifs is 1. The fourth-order valence-electron chi connectivity index (χ4n) is 2.86. The Balaban J connectivity index is 1.80. The molecular weight excluding hydrogens is 296 g/mol. The van der Waals surface area contributed by atoms with E-state index in [1.165, 1.54) is 0 Å². The van der Waals surface area contributed by atoms with Gasteiger partial charge in [-0.25, -0.2) is 0 Å². The Morgan fingerprint density at radius 2 is 2.28 bits per heavy atom. The number of nitro groups is 1. The molecule has 3 rings (SSSR count). The molecule has 18 heavy (non-hydrogen) atoms. The molecule has 1 aromatic rings. The zero-order valence-electron chi connectivity index (χ0n) is 9.67. The zero-order valence-corrected chi connectivity index (χ0v) is 11.3. The molecule has 1 saturated carbocycles. The number of benzene rings is 1. The summed E-state index contributed by atoms with van der Waals surface area (Å²) in [5, 5.41) is 14.3. The van der Waals surface area contributed by atoms with Crippen LogP contribution in [0.3, 0.4) is 0 Å². The minimum atomic E-state index is -0.340. The highest BCUT2D eigenvalue weighted by Crippen LogP contribution is 2.45. The van der Waals surface area contributed by atoms with Crippen molar-refractivity contribution in [3.8, 4) is 0 Å². The van der Waals surface area contributed by atoms with Gasteiger partial charge in [-0.2, -0.15) is 0 Å². The second-order valence-corrected chi connectivity index (χ2v) is 5.82. The molecule has 0 saturated heterocycles. The SMILES string of the molecule is O=[N+]([O-])c1cc(Br)ccc1NC1CC2CC=CC21. The Bertz CT molecular complexity index is 530. The van der Waals surface area contributed by atoms with Crippen molar-refractivity contribution in [2.75, 3.05) is 5.32 Å². The number of anilines is 1. The van der Waals surface area contributed by atoms with E-state index < -0.39 is 0 Å². The Morgan fingerprint density at radius 3 is 3.00 bits per heavy atom. The van der Waals surface area contributed by atoms with Crippen LogP contribution < -0.4 is 5.32 Å². The van der Waals surface area contributed by atoms with Gasteiger partial charge in [0.1, 0.15) is 5.69 Å². The van der Waals surface area contributed by atoms with Crippen molar-refractivity contribution in [1.82, 2.24) is 0 Å². The topological polar surface area (TPSA) is 55.2 Å². The van der Waals surface area contributed by atoms with Crippen LogP contribution in [0, 0.1) is 22.0 Å². The fourth-order valence-corrected chi connectivity index (χ4v) is 3.21. The normalized spacial score (nSPS) is 28.6. The maximum absolute atomic E-state index is 11.0. The van der Waals surface area contributed by atoms with Gasteiger partial charge < -0.3 is 5.32 Å². The highest BCUT2D eigenvalue weighted by molar-refractivity contribution is 9.10. The molecule has 0 amide bonds. The molecule has 3 unspecified atom stereocenters. The number of rotatable bonds is 3. The first kappa shape index (κ1) is 11.7. The summed E-state index contributed by atoms with van der Waals surface area (Å²) < 4.78 is 0.729. The van der Waals surface area contributed by atoms with Crippen LogP contribution in [-0.2, 0) is 0 Å². The summed E-state index contributed by atoms with van der Waals surface area (Å²) in [5.74, 6) is 1.30. The summed E-state index contributed by atoms with van der Waals surface area (Å²) in [5.41, 5.74) is 0.752. The van der Waals surface area contributed by atoms with Crippen LogP contribution in [0.15, 0.2) is 34.8 Å². The molecule has 0 radical (unpaired) electrons. The van der Waals surface area contributed by atoms with E-state index in [9.17, 15) is 10.1 Å². The summed E-state index contributed by atoms with van der Waals surface area (Å²) in [6, 6.07) is 5.49. The molecule has 1 N–H and O–H groups in total. The molecule has 2 aliphatic rings. The van der Waals surface area contributed by atoms with Crippen molar-refractivity contribution >= 4 is 27.3 Å². The lowest BCUT2D eigenvalue weighted by Gasteiger charge is -2.41. The summed E-state index contributed by atoms with van der Waals surface area (Å²) in [7, 11) is 0. The van der Waals surface area contributed by atoms with Gasteiger partial charge in [0.2, 0.25) is 0 Å². The van der Waals surface area contributed by atoms with E-state index in [1.54, 1.807) is 12.1 Å². The van der Waals surface area contributed by atoms with Crippen LogP contribution in [0.25, 0.3) is 0 Å². The minimum Gasteiger partial charge on any atom is -0.376 e. The monoisotopic (exact) mass is 308 g/mol. The van der Waals surface area contributed by atoms with Gasteiger partial charge in [0, 0.05) is 22.5 Å². The summed E-state index contributed by atoms with van der Waals surface area (Å²) in [4.78, 5) is 10.7. The lowest BCUT2D eigenvalue weighted by molar-refractivity contribution is -0.384. The highest BCUT2D eigenvalue weighted by Gasteiger charge is 2.41. The van der Waals surface area contributed by atoms with E-state index in [1.807, 2.05) is 6.07 Å². The third kappa shape index (κ3) is 1.92. The third-order valence-corrected chi connectivity index (χ3v) is 4.35. The van der Waals surface area contributed by atoms with Crippen LogP contribution >= 0.6 is 15.9 Å². The smallest absolute Gasteiger partial charge is 0.293 e. The molecular formula is C13H13BrN2O2. The van der Waals surface area contributed by atoms with E-state index in [0.29, 0.717) is 17.6 Å². The molecule has 1 fully saturated rings.